The van der Waals surface area contributed by atoms with E-state index in [1.807, 2.05) is 30.3 Å². The monoisotopic (exact) mass is 253 g/mol. The SMILES string of the molecule is N#CC(c1cccc2cccnc12)N1CCOCC1. The van der Waals surface area contributed by atoms with Crippen molar-refractivity contribution in [3.05, 3.63) is 42.1 Å². The van der Waals surface area contributed by atoms with E-state index in [2.05, 4.69) is 16.0 Å². The van der Waals surface area contributed by atoms with Crippen molar-refractivity contribution in [1.82, 2.24) is 9.88 Å². The topological polar surface area (TPSA) is 49.2 Å². The maximum Gasteiger partial charge on any atom is 0.126 e. The zero-order chi connectivity index (χ0) is 13.1. The fraction of sp³-hybridized carbons (Fsp3) is 0.333. The maximum atomic E-state index is 9.53. The number of rotatable bonds is 2. The molecule has 1 aliphatic heterocycles. The maximum absolute atomic E-state index is 9.53. The van der Waals surface area contributed by atoms with Gasteiger partial charge in [0.25, 0.3) is 0 Å². The summed E-state index contributed by atoms with van der Waals surface area (Å²) >= 11 is 0. The van der Waals surface area contributed by atoms with Gasteiger partial charge in [-0.1, -0.05) is 24.3 Å². The van der Waals surface area contributed by atoms with Gasteiger partial charge in [-0.2, -0.15) is 5.26 Å². The summed E-state index contributed by atoms with van der Waals surface area (Å²) in [4.78, 5) is 6.60. The summed E-state index contributed by atoms with van der Waals surface area (Å²) in [7, 11) is 0. The second-order valence-corrected chi connectivity index (χ2v) is 4.60. The number of morpholine rings is 1. The first-order chi connectivity index (χ1) is 9.40. The Hall–Kier alpha value is -1.96. The molecular weight excluding hydrogens is 238 g/mol. The van der Waals surface area contributed by atoms with Gasteiger partial charge in [0.15, 0.2) is 0 Å². The van der Waals surface area contributed by atoms with Crippen LogP contribution in [0.2, 0.25) is 0 Å². The summed E-state index contributed by atoms with van der Waals surface area (Å²) in [5.74, 6) is 0. The molecule has 1 fully saturated rings. The highest BCUT2D eigenvalue weighted by Gasteiger charge is 2.24. The Morgan fingerprint density at radius 1 is 1.21 bits per heavy atom. The van der Waals surface area contributed by atoms with E-state index in [1.165, 1.54) is 0 Å². The molecule has 0 radical (unpaired) electrons. The molecule has 3 rings (SSSR count). The predicted molar refractivity (Wildman–Crippen MR) is 72.5 cm³/mol. The van der Waals surface area contributed by atoms with Gasteiger partial charge in [-0.3, -0.25) is 9.88 Å². The zero-order valence-corrected chi connectivity index (χ0v) is 10.6. The molecule has 0 aliphatic carbocycles. The summed E-state index contributed by atoms with van der Waals surface area (Å²) in [6.45, 7) is 2.97. The third-order valence-electron chi connectivity index (χ3n) is 3.49. The van der Waals surface area contributed by atoms with Crippen LogP contribution in [0.15, 0.2) is 36.5 Å². The quantitative estimate of drug-likeness (QED) is 0.822. The second-order valence-electron chi connectivity index (χ2n) is 4.60. The summed E-state index contributed by atoms with van der Waals surface area (Å²) in [5, 5.41) is 10.6. The van der Waals surface area contributed by atoms with E-state index in [0.717, 1.165) is 29.6 Å². The largest absolute Gasteiger partial charge is 0.379 e. The smallest absolute Gasteiger partial charge is 0.126 e. The minimum atomic E-state index is -0.248. The molecule has 4 nitrogen and oxygen atoms in total. The highest BCUT2D eigenvalue weighted by atomic mass is 16.5. The van der Waals surface area contributed by atoms with Gasteiger partial charge in [-0.25, -0.2) is 0 Å². The zero-order valence-electron chi connectivity index (χ0n) is 10.6. The molecule has 19 heavy (non-hydrogen) atoms. The van der Waals surface area contributed by atoms with E-state index in [9.17, 15) is 5.26 Å². The van der Waals surface area contributed by atoms with Gasteiger partial charge in [-0.05, 0) is 6.07 Å². The molecule has 2 aromatic rings. The lowest BCUT2D eigenvalue weighted by Gasteiger charge is -2.30. The van der Waals surface area contributed by atoms with Crippen molar-refractivity contribution in [2.24, 2.45) is 0 Å². The number of para-hydroxylation sites is 1. The molecule has 1 unspecified atom stereocenters. The molecule has 96 valence electrons. The normalized spacial score (nSPS) is 18.1. The number of nitriles is 1. The minimum absolute atomic E-state index is 0.248. The van der Waals surface area contributed by atoms with Crippen molar-refractivity contribution in [1.29, 1.82) is 5.26 Å². The molecule has 0 saturated carbocycles. The number of fused-ring (bicyclic) bond motifs is 1. The minimum Gasteiger partial charge on any atom is -0.379 e. The highest BCUT2D eigenvalue weighted by molar-refractivity contribution is 5.82. The molecule has 0 amide bonds. The predicted octanol–water partition coefficient (Wildman–Crippen LogP) is 2.13. The molecule has 2 heterocycles. The fourth-order valence-corrected chi connectivity index (χ4v) is 2.53. The van der Waals surface area contributed by atoms with E-state index < -0.39 is 0 Å². The van der Waals surface area contributed by atoms with Crippen molar-refractivity contribution in [3.63, 3.8) is 0 Å². The second kappa shape index (κ2) is 5.35. The van der Waals surface area contributed by atoms with Gasteiger partial charge >= 0.3 is 0 Å². The Labute approximate surface area is 112 Å². The van der Waals surface area contributed by atoms with Crippen LogP contribution in [-0.2, 0) is 4.74 Å². The van der Waals surface area contributed by atoms with E-state index in [-0.39, 0.29) is 6.04 Å². The van der Waals surface area contributed by atoms with Gasteiger partial charge in [0.1, 0.15) is 6.04 Å². The standard InChI is InChI=1S/C15H15N3O/c16-11-14(18-7-9-19-10-8-18)13-5-1-3-12-4-2-6-17-15(12)13/h1-6,14H,7-10H2. The number of pyridine rings is 1. The Morgan fingerprint density at radius 3 is 2.79 bits per heavy atom. The van der Waals surface area contributed by atoms with Crippen LogP contribution in [-0.4, -0.2) is 36.2 Å². The van der Waals surface area contributed by atoms with Gasteiger partial charge < -0.3 is 4.74 Å². The van der Waals surface area contributed by atoms with Crippen LogP contribution >= 0.6 is 0 Å². The first kappa shape index (κ1) is 12.1. The van der Waals surface area contributed by atoms with Crippen LogP contribution in [0.3, 0.4) is 0 Å². The first-order valence-corrected chi connectivity index (χ1v) is 6.45. The third kappa shape index (κ3) is 2.30. The van der Waals surface area contributed by atoms with Crippen LogP contribution < -0.4 is 0 Å². The van der Waals surface area contributed by atoms with Crippen LogP contribution in [0.1, 0.15) is 11.6 Å². The molecule has 0 spiro atoms. The van der Waals surface area contributed by atoms with Gasteiger partial charge in [-0.15, -0.1) is 0 Å². The van der Waals surface area contributed by atoms with E-state index in [0.29, 0.717) is 13.2 Å². The number of ether oxygens (including phenoxy) is 1. The molecule has 0 bridgehead atoms. The summed E-state index contributed by atoms with van der Waals surface area (Å²) in [5.41, 5.74) is 1.91. The Morgan fingerprint density at radius 2 is 2.00 bits per heavy atom. The summed E-state index contributed by atoms with van der Waals surface area (Å²) in [6, 6.07) is 12.1. The van der Waals surface area contributed by atoms with Crippen molar-refractivity contribution >= 4 is 10.9 Å². The molecule has 1 aromatic heterocycles. The van der Waals surface area contributed by atoms with E-state index >= 15 is 0 Å². The Balaban J connectivity index is 2.04. The van der Waals surface area contributed by atoms with Gasteiger partial charge in [0, 0.05) is 30.2 Å². The molecule has 1 atom stereocenters. The van der Waals surface area contributed by atoms with Crippen molar-refractivity contribution < 1.29 is 4.74 Å². The summed E-state index contributed by atoms with van der Waals surface area (Å²) < 4.78 is 5.35. The Kier molecular flexibility index (Phi) is 3.41. The number of aromatic nitrogens is 1. The number of nitrogens with zero attached hydrogens (tertiary/aromatic N) is 3. The molecule has 1 aromatic carbocycles. The molecule has 1 aliphatic rings. The lowest BCUT2D eigenvalue weighted by molar-refractivity contribution is 0.0268. The summed E-state index contributed by atoms with van der Waals surface area (Å²) in [6.07, 6.45) is 1.78. The highest BCUT2D eigenvalue weighted by Crippen LogP contribution is 2.27. The van der Waals surface area contributed by atoms with E-state index in [4.69, 9.17) is 4.74 Å². The van der Waals surface area contributed by atoms with Crippen LogP contribution in [0.25, 0.3) is 10.9 Å². The Bertz CT molecular complexity index is 609. The van der Waals surface area contributed by atoms with E-state index in [1.54, 1.807) is 6.20 Å². The van der Waals surface area contributed by atoms with Crippen LogP contribution in [0.4, 0.5) is 0 Å². The van der Waals surface area contributed by atoms with Crippen LogP contribution in [0.5, 0.6) is 0 Å². The number of hydrogen-bond acceptors (Lipinski definition) is 4. The van der Waals surface area contributed by atoms with Crippen LogP contribution in [0, 0.1) is 11.3 Å². The lowest BCUT2D eigenvalue weighted by atomic mass is 10.0. The number of hydrogen-bond donors (Lipinski definition) is 0. The molecule has 1 saturated heterocycles. The lowest BCUT2D eigenvalue weighted by Crippen LogP contribution is -2.38. The van der Waals surface area contributed by atoms with Crippen molar-refractivity contribution in [3.8, 4) is 6.07 Å². The molecule has 0 N–H and O–H groups in total. The third-order valence-corrected chi connectivity index (χ3v) is 3.49. The average Bonchev–Trinajstić information content (AvgIpc) is 2.49. The molecule has 4 heteroatoms. The number of benzene rings is 1. The van der Waals surface area contributed by atoms with Gasteiger partial charge in [0.2, 0.25) is 0 Å². The fourth-order valence-electron chi connectivity index (χ4n) is 2.53. The average molecular weight is 253 g/mol. The van der Waals surface area contributed by atoms with Crippen molar-refractivity contribution in [2.45, 2.75) is 6.04 Å². The van der Waals surface area contributed by atoms with Crippen molar-refractivity contribution in [2.75, 3.05) is 26.3 Å². The first-order valence-electron chi connectivity index (χ1n) is 6.45. The molecular formula is C15H15N3O. The van der Waals surface area contributed by atoms with Gasteiger partial charge in [0.05, 0.1) is 24.8 Å².